The van der Waals surface area contributed by atoms with Gasteiger partial charge < -0.3 is 0 Å². The Morgan fingerprint density at radius 2 is 1.94 bits per heavy atom. The molecule has 0 amide bonds. The smallest absolute Gasteiger partial charge is 0.211 e. The van der Waals surface area contributed by atoms with Crippen LogP contribution in [0.1, 0.15) is 46.5 Å². The van der Waals surface area contributed by atoms with E-state index in [1.54, 1.807) is 6.92 Å². The van der Waals surface area contributed by atoms with Crippen LogP contribution in [0.25, 0.3) is 0 Å². The molecule has 0 aromatic rings. The zero-order valence-electron chi connectivity index (χ0n) is 10.9. The first-order valence-corrected chi connectivity index (χ1v) is 7.84. The number of nitriles is 1. The predicted molar refractivity (Wildman–Crippen MR) is 67.8 cm³/mol. The van der Waals surface area contributed by atoms with Gasteiger partial charge in [-0.1, -0.05) is 20.8 Å². The summed E-state index contributed by atoms with van der Waals surface area (Å²) in [5, 5.41) is 8.03. The lowest BCUT2D eigenvalue weighted by atomic mass is 9.82. The molecule has 1 saturated heterocycles. The molecule has 1 atom stereocenters. The SMILES string of the molecule is CCC(C#N)S(=O)(=O)N1CCC(CC)(CC)C1. The summed E-state index contributed by atoms with van der Waals surface area (Å²) in [5.74, 6) is 0. The van der Waals surface area contributed by atoms with Crippen LogP contribution in [0.3, 0.4) is 0 Å². The highest BCUT2D eigenvalue weighted by atomic mass is 32.2. The maximum atomic E-state index is 12.2. The van der Waals surface area contributed by atoms with E-state index in [2.05, 4.69) is 13.8 Å². The van der Waals surface area contributed by atoms with Crippen LogP contribution in [0, 0.1) is 16.7 Å². The van der Waals surface area contributed by atoms with Crippen LogP contribution in [0.5, 0.6) is 0 Å². The van der Waals surface area contributed by atoms with E-state index in [4.69, 9.17) is 5.26 Å². The monoisotopic (exact) mass is 258 g/mol. The summed E-state index contributed by atoms with van der Waals surface area (Å²) in [7, 11) is -3.42. The van der Waals surface area contributed by atoms with Crippen molar-refractivity contribution in [2.75, 3.05) is 13.1 Å². The maximum absolute atomic E-state index is 12.2. The fourth-order valence-electron chi connectivity index (χ4n) is 2.49. The van der Waals surface area contributed by atoms with Crippen molar-refractivity contribution >= 4 is 10.0 Å². The Morgan fingerprint density at radius 1 is 1.35 bits per heavy atom. The Balaban J connectivity index is 2.88. The summed E-state index contributed by atoms with van der Waals surface area (Å²) in [4.78, 5) is 0. The molecular formula is C12H22N2O2S. The summed E-state index contributed by atoms with van der Waals surface area (Å²) in [6.07, 6.45) is 3.28. The molecule has 0 bridgehead atoms. The number of sulfonamides is 1. The van der Waals surface area contributed by atoms with E-state index in [0.29, 0.717) is 19.5 Å². The molecule has 0 aromatic carbocycles. The molecule has 0 spiro atoms. The van der Waals surface area contributed by atoms with E-state index in [1.165, 1.54) is 4.31 Å². The van der Waals surface area contributed by atoms with Gasteiger partial charge in [0.25, 0.3) is 0 Å². The van der Waals surface area contributed by atoms with Crippen molar-refractivity contribution < 1.29 is 8.42 Å². The third-order valence-corrected chi connectivity index (χ3v) is 6.33. The zero-order chi connectivity index (χ0) is 13.1. The van der Waals surface area contributed by atoms with Gasteiger partial charge in [0.1, 0.15) is 0 Å². The summed E-state index contributed by atoms with van der Waals surface area (Å²) < 4.78 is 26.0. The van der Waals surface area contributed by atoms with E-state index in [1.807, 2.05) is 6.07 Å². The normalized spacial score (nSPS) is 22.2. The molecule has 98 valence electrons. The fourth-order valence-corrected chi connectivity index (χ4v) is 4.20. The summed E-state index contributed by atoms with van der Waals surface area (Å²) in [5.41, 5.74) is 0.126. The van der Waals surface area contributed by atoms with Crippen LogP contribution in [0.15, 0.2) is 0 Å². The molecule has 1 rings (SSSR count). The quantitative estimate of drug-likeness (QED) is 0.759. The molecule has 0 aromatic heterocycles. The van der Waals surface area contributed by atoms with Crippen LogP contribution >= 0.6 is 0 Å². The van der Waals surface area contributed by atoms with Crippen molar-refractivity contribution in [1.29, 1.82) is 5.26 Å². The molecule has 1 aliphatic heterocycles. The minimum atomic E-state index is -3.42. The van der Waals surface area contributed by atoms with Gasteiger partial charge in [-0.2, -0.15) is 5.26 Å². The van der Waals surface area contributed by atoms with Crippen molar-refractivity contribution in [2.24, 2.45) is 5.41 Å². The highest BCUT2D eigenvalue weighted by Gasteiger charge is 2.42. The van der Waals surface area contributed by atoms with Gasteiger partial charge in [0.15, 0.2) is 5.25 Å². The lowest BCUT2D eigenvalue weighted by molar-refractivity contribution is 0.279. The predicted octanol–water partition coefficient (Wildman–Crippen LogP) is 2.13. The van der Waals surface area contributed by atoms with Crippen molar-refractivity contribution in [2.45, 2.75) is 51.7 Å². The van der Waals surface area contributed by atoms with Crippen LogP contribution in [0.4, 0.5) is 0 Å². The molecule has 0 radical (unpaired) electrons. The Bertz CT molecular complexity index is 393. The van der Waals surface area contributed by atoms with E-state index in [9.17, 15) is 8.42 Å². The lowest BCUT2D eigenvalue weighted by Gasteiger charge is -2.26. The number of hydrogen-bond acceptors (Lipinski definition) is 3. The van der Waals surface area contributed by atoms with Crippen molar-refractivity contribution in [1.82, 2.24) is 4.31 Å². The van der Waals surface area contributed by atoms with E-state index < -0.39 is 15.3 Å². The Morgan fingerprint density at radius 3 is 2.29 bits per heavy atom. The highest BCUT2D eigenvalue weighted by molar-refractivity contribution is 7.90. The molecule has 0 saturated carbocycles. The third kappa shape index (κ3) is 2.63. The summed E-state index contributed by atoms with van der Waals surface area (Å²) >= 11 is 0. The topological polar surface area (TPSA) is 61.2 Å². The molecule has 17 heavy (non-hydrogen) atoms. The first-order chi connectivity index (χ1) is 7.95. The molecule has 5 heteroatoms. The lowest BCUT2D eigenvalue weighted by Crippen LogP contribution is -2.38. The Kier molecular flexibility index (Phi) is 4.56. The van der Waals surface area contributed by atoms with E-state index in [-0.39, 0.29) is 5.41 Å². The number of rotatable bonds is 5. The van der Waals surface area contributed by atoms with Gasteiger partial charge in [0.2, 0.25) is 10.0 Å². The molecule has 4 nitrogen and oxygen atoms in total. The van der Waals surface area contributed by atoms with Crippen molar-refractivity contribution in [3.63, 3.8) is 0 Å². The highest BCUT2D eigenvalue weighted by Crippen LogP contribution is 2.38. The van der Waals surface area contributed by atoms with Gasteiger partial charge in [-0.3, -0.25) is 0 Å². The second-order valence-corrected chi connectivity index (χ2v) is 6.98. The second kappa shape index (κ2) is 5.36. The maximum Gasteiger partial charge on any atom is 0.230 e. The molecule has 0 aliphatic carbocycles. The van der Waals surface area contributed by atoms with E-state index >= 15 is 0 Å². The van der Waals surface area contributed by atoms with Crippen LogP contribution in [-0.4, -0.2) is 31.1 Å². The molecule has 1 heterocycles. The Hall–Kier alpha value is -0.600. The molecule has 1 aliphatic rings. The minimum absolute atomic E-state index is 0.126. The molecule has 1 fully saturated rings. The van der Waals surface area contributed by atoms with Gasteiger partial charge in [-0.25, -0.2) is 12.7 Å². The first kappa shape index (κ1) is 14.5. The largest absolute Gasteiger partial charge is 0.230 e. The Labute approximate surface area is 105 Å². The molecular weight excluding hydrogens is 236 g/mol. The number of hydrogen-bond donors (Lipinski definition) is 0. The molecule has 0 N–H and O–H groups in total. The van der Waals surface area contributed by atoms with Gasteiger partial charge in [0.05, 0.1) is 6.07 Å². The van der Waals surface area contributed by atoms with Crippen molar-refractivity contribution in [3.8, 4) is 6.07 Å². The zero-order valence-corrected chi connectivity index (χ0v) is 11.8. The van der Waals surface area contributed by atoms with Gasteiger partial charge in [0, 0.05) is 13.1 Å². The summed E-state index contributed by atoms with van der Waals surface area (Å²) in [6.45, 7) is 7.12. The van der Waals surface area contributed by atoms with Crippen molar-refractivity contribution in [3.05, 3.63) is 0 Å². The summed E-state index contributed by atoms with van der Waals surface area (Å²) in [6, 6.07) is 1.90. The third-order valence-electron chi connectivity index (χ3n) is 4.14. The first-order valence-electron chi connectivity index (χ1n) is 6.34. The van der Waals surface area contributed by atoms with Crippen LogP contribution in [-0.2, 0) is 10.0 Å². The standard InChI is InChI=1S/C12H22N2O2S/c1-4-11(9-13)17(15,16)14-8-7-12(5-2,6-3)10-14/h11H,4-8,10H2,1-3H3. The average molecular weight is 258 g/mol. The van der Waals surface area contributed by atoms with E-state index in [0.717, 1.165) is 19.3 Å². The molecule has 1 unspecified atom stereocenters. The number of nitrogens with zero attached hydrogens (tertiary/aromatic N) is 2. The van der Waals surface area contributed by atoms with Gasteiger partial charge in [-0.05, 0) is 31.1 Å². The van der Waals surface area contributed by atoms with Crippen LogP contribution in [0.2, 0.25) is 0 Å². The second-order valence-electron chi connectivity index (χ2n) is 4.86. The van der Waals surface area contributed by atoms with Gasteiger partial charge >= 0.3 is 0 Å². The van der Waals surface area contributed by atoms with Crippen LogP contribution < -0.4 is 0 Å². The minimum Gasteiger partial charge on any atom is -0.211 e. The fraction of sp³-hybridized carbons (Fsp3) is 0.917. The average Bonchev–Trinajstić information content (AvgIpc) is 2.76. The van der Waals surface area contributed by atoms with Gasteiger partial charge in [-0.15, -0.1) is 0 Å².